The normalized spacial score (nSPS) is 19.6. The van der Waals surface area contributed by atoms with Gasteiger partial charge in [0.1, 0.15) is 4.21 Å². The van der Waals surface area contributed by atoms with Gasteiger partial charge in [-0.15, -0.1) is 11.3 Å². The van der Waals surface area contributed by atoms with E-state index >= 15 is 0 Å². The number of aryl methyl sites for hydroxylation is 1. The van der Waals surface area contributed by atoms with Gasteiger partial charge in [-0.2, -0.15) is 4.31 Å². The van der Waals surface area contributed by atoms with Crippen LogP contribution >= 0.6 is 11.3 Å². The first-order chi connectivity index (χ1) is 12.9. The lowest BCUT2D eigenvalue weighted by molar-refractivity contribution is -0.126. The predicted octanol–water partition coefficient (Wildman–Crippen LogP) is 3.72. The molecule has 1 aliphatic rings. The predicted molar refractivity (Wildman–Crippen MR) is 108 cm³/mol. The lowest BCUT2D eigenvalue weighted by atomic mass is 9.97. The Morgan fingerprint density at radius 1 is 1.30 bits per heavy atom. The molecule has 0 spiro atoms. The average molecular weight is 407 g/mol. The number of carbonyl (C=O) groups is 1. The van der Waals surface area contributed by atoms with Gasteiger partial charge in [0, 0.05) is 13.1 Å². The molecule has 2 atom stereocenters. The largest absolute Gasteiger partial charge is 0.349 e. The molecular formula is C20H26N2O3S2. The number of nitrogens with one attached hydrogen (secondary N) is 1. The average Bonchev–Trinajstić information content (AvgIpc) is 3.22. The van der Waals surface area contributed by atoms with Crippen LogP contribution in [0.4, 0.5) is 0 Å². The standard InChI is InChI=1S/C20H26N2O3S2/c1-3-18(16-10-8-15(2)9-11-16)21-20(23)17-6-4-12-22(14-17)27(24,25)19-7-5-13-26-19/h5,7-11,13,17-18H,3-4,6,12,14H2,1-2H3,(H,21,23)/t17-,18+/m1/s1. The van der Waals surface area contributed by atoms with Crippen molar-refractivity contribution in [2.24, 2.45) is 5.92 Å². The number of hydrogen-bond acceptors (Lipinski definition) is 4. The molecule has 0 unspecified atom stereocenters. The van der Waals surface area contributed by atoms with Crippen LogP contribution in [0.3, 0.4) is 0 Å². The van der Waals surface area contributed by atoms with Gasteiger partial charge in [-0.3, -0.25) is 4.79 Å². The van der Waals surface area contributed by atoms with Crippen molar-refractivity contribution in [3.05, 3.63) is 52.9 Å². The van der Waals surface area contributed by atoms with Gasteiger partial charge in [0.25, 0.3) is 10.0 Å². The number of amides is 1. The fraction of sp³-hybridized carbons (Fsp3) is 0.450. The Morgan fingerprint density at radius 3 is 2.67 bits per heavy atom. The molecule has 1 saturated heterocycles. The Labute approximate surface area is 165 Å². The van der Waals surface area contributed by atoms with Crippen LogP contribution in [-0.4, -0.2) is 31.7 Å². The summed E-state index contributed by atoms with van der Waals surface area (Å²) in [5, 5.41) is 4.88. The molecule has 2 heterocycles. The number of carbonyl (C=O) groups excluding carboxylic acids is 1. The lowest BCUT2D eigenvalue weighted by Crippen LogP contribution is -2.45. The van der Waals surface area contributed by atoms with Gasteiger partial charge < -0.3 is 5.32 Å². The topological polar surface area (TPSA) is 66.5 Å². The highest BCUT2D eigenvalue weighted by Crippen LogP contribution is 2.27. The summed E-state index contributed by atoms with van der Waals surface area (Å²) in [5.41, 5.74) is 2.26. The maximum absolute atomic E-state index is 12.8. The maximum atomic E-state index is 12.8. The number of piperidine rings is 1. The third kappa shape index (κ3) is 4.59. The van der Waals surface area contributed by atoms with Crippen molar-refractivity contribution in [1.29, 1.82) is 0 Å². The molecule has 7 heteroatoms. The van der Waals surface area contributed by atoms with Crippen LogP contribution in [-0.2, 0) is 14.8 Å². The number of rotatable bonds is 6. The van der Waals surface area contributed by atoms with Gasteiger partial charge in [0.2, 0.25) is 5.91 Å². The van der Waals surface area contributed by atoms with Crippen LogP contribution in [0.5, 0.6) is 0 Å². The highest BCUT2D eigenvalue weighted by molar-refractivity contribution is 7.91. The number of nitrogens with zero attached hydrogens (tertiary/aromatic N) is 1. The van der Waals surface area contributed by atoms with E-state index in [-0.39, 0.29) is 24.4 Å². The van der Waals surface area contributed by atoms with Crippen molar-refractivity contribution in [2.45, 2.75) is 43.4 Å². The van der Waals surface area contributed by atoms with E-state index in [1.54, 1.807) is 17.5 Å². The van der Waals surface area contributed by atoms with E-state index in [0.29, 0.717) is 23.6 Å². The van der Waals surface area contributed by atoms with Gasteiger partial charge in [-0.25, -0.2) is 8.42 Å². The Balaban J connectivity index is 1.68. The van der Waals surface area contributed by atoms with E-state index in [9.17, 15) is 13.2 Å². The van der Waals surface area contributed by atoms with Crippen molar-refractivity contribution in [3.8, 4) is 0 Å². The second kappa shape index (κ2) is 8.54. The molecule has 1 N–H and O–H groups in total. The molecule has 3 rings (SSSR count). The van der Waals surface area contributed by atoms with Crippen LogP contribution in [0, 0.1) is 12.8 Å². The SMILES string of the molecule is CC[C@H](NC(=O)[C@@H]1CCCN(S(=O)(=O)c2cccs2)C1)c1ccc(C)cc1. The Kier molecular flexibility index (Phi) is 6.34. The zero-order valence-electron chi connectivity index (χ0n) is 15.7. The van der Waals surface area contributed by atoms with Crippen LogP contribution in [0.1, 0.15) is 43.4 Å². The highest BCUT2D eigenvalue weighted by Gasteiger charge is 2.34. The molecule has 0 aliphatic carbocycles. The summed E-state index contributed by atoms with van der Waals surface area (Å²) >= 11 is 1.22. The van der Waals surface area contributed by atoms with Gasteiger partial charge in [0.05, 0.1) is 12.0 Å². The first-order valence-corrected chi connectivity index (χ1v) is 11.6. The Hall–Kier alpha value is -1.70. The van der Waals surface area contributed by atoms with Crippen molar-refractivity contribution < 1.29 is 13.2 Å². The lowest BCUT2D eigenvalue weighted by Gasteiger charge is -2.31. The summed E-state index contributed by atoms with van der Waals surface area (Å²) < 4.78 is 27.3. The second-order valence-corrected chi connectivity index (χ2v) is 10.1. The Bertz CT molecular complexity index is 861. The smallest absolute Gasteiger partial charge is 0.252 e. The number of thiophene rings is 1. The van der Waals surface area contributed by atoms with E-state index in [0.717, 1.165) is 12.0 Å². The molecule has 0 bridgehead atoms. The number of benzene rings is 1. The minimum absolute atomic E-state index is 0.0534. The van der Waals surface area contributed by atoms with Crippen molar-refractivity contribution in [1.82, 2.24) is 9.62 Å². The minimum atomic E-state index is -3.50. The van der Waals surface area contributed by atoms with E-state index in [1.807, 2.05) is 38.1 Å². The van der Waals surface area contributed by atoms with Crippen molar-refractivity contribution in [2.75, 3.05) is 13.1 Å². The van der Waals surface area contributed by atoms with Crippen LogP contribution in [0.25, 0.3) is 0 Å². The van der Waals surface area contributed by atoms with Crippen molar-refractivity contribution in [3.63, 3.8) is 0 Å². The molecule has 146 valence electrons. The van der Waals surface area contributed by atoms with Gasteiger partial charge >= 0.3 is 0 Å². The Morgan fingerprint density at radius 2 is 2.04 bits per heavy atom. The molecule has 27 heavy (non-hydrogen) atoms. The molecule has 1 aromatic heterocycles. The quantitative estimate of drug-likeness (QED) is 0.795. The van der Waals surface area contributed by atoms with Crippen LogP contribution < -0.4 is 5.32 Å². The molecule has 2 aromatic rings. The van der Waals surface area contributed by atoms with Crippen molar-refractivity contribution >= 4 is 27.3 Å². The van der Waals surface area contributed by atoms with Gasteiger partial charge in [-0.1, -0.05) is 42.8 Å². The summed E-state index contributed by atoms with van der Waals surface area (Å²) in [6.45, 7) is 4.79. The number of sulfonamides is 1. The van der Waals surface area contributed by atoms with Crippen LogP contribution in [0.15, 0.2) is 46.0 Å². The monoisotopic (exact) mass is 406 g/mol. The number of hydrogen-bond donors (Lipinski definition) is 1. The molecular weight excluding hydrogens is 380 g/mol. The third-order valence-electron chi connectivity index (χ3n) is 5.05. The molecule has 0 saturated carbocycles. The zero-order chi connectivity index (χ0) is 19.4. The van der Waals surface area contributed by atoms with E-state index < -0.39 is 10.0 Å². The van der Waals surface area contributed by atoms with Crippen LogP contribution in [0.2, 0.25) is 0 Å². The zero-order valence-corrected chi connectivity index (χ0v) is 17.4. The third-order valence-corrected chi connectivity index (χ3v) is 8.29. The first kappa shape index (κ1) is 20.0. The molecule has 5 nitrogen and oxygen atoms in total. The van der Waals surface area contributed by atoms with Gasteiger partial charge in [-0.05, 0) is 43.2 Å². The first-order valence-electron chi connectivity index (χ1n) is 9.32. The minimum Gasteiger partial charge on any atom is -0.349 e. The summed E-state index contributed by atoms with van der Waals surface area (Å²) in [5.74, 6) is -0.374. The fourth-order valence-corrected chi connectivity index (χ4v) is 6.09. The fourth-order valence-electron chi connectivity index (χ4n) is 3.42. The summed E-state index contributed by atoms with van der Waals surface area (Å²) in [4.78, 5) is 12.8. The summed E-state index contributed by atoms with van der Waals surface area (Å²) in [6, 6.07) is 11.5. The van der Waals surface area contributed by atoms with E-state index in [1.165, 1.54) is 21.2 Å². The maximum Gasteiger partial charge on any atom is 0.252 e. The van der Waals surface area contributed by atoms with Gasteiger partial charge in [0.15, 0.2) is 0 Å². The highest BCUT2D eigenvalue weighted by atomic mass is 32.2. The molecule has 1 amide bonds. The molecule has 1 aliphatic heterocycles. The van der Waals surface area contributed by atoms with E-state index in [2.05, 4.69) is 5.32 Å². The molecule has 1 fully saturated rings. The summed E-state index contributed by atoms with van der Waals surface area (Å²) in [7, 11) is -3.50. The molecule has 0 radical (unpaired) electrons. The molecule has 1 aromatic carbocycles. The summed E-state index contributed by atoms with van der Waals surface area (Å²) in [6.07, 6.45) is 2.20. The van der Waals surface area contributed by atoms with E-state index in [4.69, 9.17) is 0 Å². The second-order valence-electron chi connectivity index (χ2n) is 7.01.